The minimum Gasteiger partial charge on any atom is -0.465 e. The Labute approximate surface area is 93.4 Å². The van der Waals surface area contributed by atoms with Crippen molar-refractivity contribution in [2.45, 2.75) is 26.9 Å². The number of nitrogens with two attached hydrogens (primary N) is 1. The number of ketones is 1. The first kappa shape index (κ1) is 14.2. The van der Waals surface area contributed by atoms with Crippen LogP contribution in [0.15, 0.2) is 11.3 Å². The average molecular weight is 229 g/mol. The summed E-state index contributed by atoms with van der Waals surface area (Å²) in [6, 6.07) is 0. The normalized spacial score (nSPS) is 13.5. The van der Waals surface area contributed by atoms with Crippen LogP contribution in [0.2, 0.25) is 0 Å². The molecule has 90 valence electrons. The first-order chi connectivity index (χ1) is 7.31. The fourth-order valence-corrected chi connectivity index (χ4v) is 1.06. The highest BCUT2D eigenvalue weighted by atomic mass is 16.5. The van der Waals surface area contributed by atoms with E-state index in [1.165, 1.54) is 20.8 Å². The number of allylic oxidation sites excluding steroid dienone is 1. The molecule has 1 atom stereocenters. The van der Waals surface area contributed by atoms with Gasteiger partial charge in [-0.15, -0.1) is 0 Å². The molecule has 0 spiro atoms. The van der Waals surface area contributed by atoms with Gasteiger partial charge >= 0.3 is 11.9 Å². The largest absolute Gasteiger partial charge is 0.465 e. The number of Topliss-reactive ketones (excluding diaryl/α,β-unsaturated/α-hetero) is 1. The SMILES string of the molecule is COC(=O)/C(C(=O)C(C)OC(C)=O)=C(/C)N. The number of hydrogen-bond donors (Lipinski definition) is 1. The number of carbonyl (C=O) groups is 3. The molecule has 0 radical (unpaired) electrons. The number of rotatable bonds is 4. The van der Waals surface area contributed by atoms with E-state index >= 15 is 0 Å². The zero-order valence-electron chi connectivity index (χ0n) is 9.70. The minimum atomic E-state index is -1.06. The van der Waals surface area contributed by atoms with Gasteiger partial charge in [0, 0.05) is 12.6 Å². The number of esters is 2. The molecule has 0 aromatic carbocycles. The lowest BCUT2D eigenvalue weighted by atomic mass is 10.1. The molecule has 0 heterocycles. The summed E-state index contributed by atoms with van der Waals surface area (Å²) in [5, 5.41) is 0. The molecule has 0 saturated carbocycles. The summed E-state index contributed by atoms with van der Waals surface area (Å²) < 4.78 is 9.06. The van der Waals surface area contributed by atoms with Gasteiger partial charge in [-0.1, -0.05) is 0 Å². The van der Waals surface area contributed by atoms with Crippen molar-refractivity contribution in [3.05, 3.63) is 11.3 Å². The molecule has 0 fully saturated rings. The zero-order valence-corrected chi connectivity index (χ0v) is 9.70. The van der Waals surface area contributed by atoms with Gasteiger partial charge < -0.3 is 15.2 Å². The lowest BCUT2D eigenvalue weighted by molar-refractivity contribution is -0.152. The fraction of sp³-hybridized carbons (Fsp3) is 0.500. The van der Waals surface area contributed by atoms with Crippen molar-refractivity contribution in [3.8, 4) is 0 Å². The van der Waals surface area contributed by atoms with Crippen LogP contribution in [0.1, 0.15) is 20.8 Å². The number of methoxy groups -OCH3 is 1. The van der Waals surface area contributed by atoms with E-state index in [2.05, 4.69) is 9.47 Å². The van der Waals surface area contributed by atoms with E-state index in [0.29, 0.717) is 0 Å². The predicted octanol–water partition coefficient (Wildman–Crippen LogP) is -0.0872. The van der Waals surface area contributed by atoms with Gasteiger partial charge in [-0.2, -0.15) is 0 Å². The highest BCUT2D eigenvalue weighted by Gasteiger charge is 2.27. The number of ether oxygens (including phenoxy) is 2. The van der Waals surface area contributed by atoms with Crippen molar-refractivity contribution < 1.29 is 23.9 Å². The van der Waals surface area contributed by atoms with E-state index in [1.54, 1.807) is 0 Å². The van der Waals surface area contributed by atoms with Crippen LogP contribution in [-0.4, -0.2) is 30.9 Å². The monoisotopic (exact) mass is 229 g/mol. The summed E-state index contributed by atoms with van der Waals surface area (Å²) in [4.78, 5) is 33.6. The maximum absolute atomic E-state index is 11.7. The van der Waals surface area contributed by atoms with Gasteiger partial charge in [0.1, 0.15) is 5.57 Å². The topological polar surface area (TPSA) is 95.7 Å². The summed E-state index contributed by atoms with van der Waals surface area (Å²) >= 11 is 0. The molecule has 0 aromatic rings. The van der Waals surface area contributed by atoms with Crippen LogP contribution < -0.4 is 5.73 Å². The zero-order chi connectivity index (χ0) is 12.9. The van der Waals surface area contributed by atoms with Crippen molar-refractivity contribution in [3.63, 3.8) is 0 Å². The van der Waals surface area contributed by atoms with Gasteiger partial charge in [-0.3, -0.25) is 9.59 Å². The van der Waals surface area contributed by atoms with E-state index < -0.39 is 23.8 Å². The van der Waals surface area contributed by atoms with Crippen LogP contribution in [0.5, 0.6) is 0 Å². The molecule has 1 unspecified atom stereocenters. The maximum atomic E-state index is 11.7. The Bertz CT molecular complexity index is 341. The van der Waals surface area contributed by atoms with Crippen LogP contribution in [0.25, 0.3) is 0 Å². The van der Waals surface area contributed by atoms with Gasteiger partial charge in [-0.25, -0.2) is 4.79 Å². The second-order valence-electron chi connectivity index (χ2n) is 3.17. The molecule has 16 heavy (non-hydrogen) atoms. The molecule has 0 aliphatic carbocycles. The molecule has 0 saturated heterocycles. The number of hydrogen-bond acceptors (Lipinski definition) is 6. The Morgan fingerprint density at radius 1 is 1.19 bits per heavy atom. The Kier molecular flexibility index (Phi) is 5.21. The van der Waals surface area contributed by atoms with Gasteiger partial charge in [0.05, 0.1) is 7.11 Å². The molecule has 2 N–H and O–H groups in total. The van der Waals surface area contributed by atoms with Crippen molar-refractivity contribution in [1.29, 1.82) is 0 Å². The third-order valence-electron chi connectivity index (χ3n) is 1.74. The Hall–Kier alpha value is -1.85. The summed E-state index contributed by atoms with van der Waals surface area (Å²) in [6.07, 6.45) is -1.06. The average Bonchev–Trinajstić information content (AvgIpc) is 2.15. The Balaban J connectivity index is 4.99. The van der Waals surface area contributed by atoms with Gasteiger partial charge in [-0.05, 0) is 13.8 Å². The summed E-state index contributed by atoms with van der Waals surface area (Å²) in [7, 11) is 1.13. The molecule has 0 aromatic heterocycles. The van der Waals surface area contributed by atoms with Crippen molar-refractivity contribution in [2.75, 3.05) is 7.11 Å². The standard InChI is InChI=1S/C10H15NO5/c1-5(11)8(10(14)15-4)9(13)6(2)16-7(3)12/h6H,11H2,1-4H3/b8-5-. The lowest BCUT2D eigenvalue weighted by Gasteiger charge is -2.12. The smallest absolute Gasteiger partial charge is 0.343 e. The Morgan fingerprint density at radius 3 is 2.00 bits per heavy atom. The molecule has 0 bridgehead atoms. The van der Waals surface area contributed by atoms with Crippen LogP contribution in [0.3, 0.4) is 0 Å². The van der Waals surface area contributed by atoms with Gasteiger partial charge in [0.15, 0.2) is 6.10 Å². The van der Waals surface area contributed by atoms with Gasteiger partial charge in [0.2, 0.25) is 5.78 Å². The highest BCUT2D eigenvalue weighted by molar-refractivity contribution is 6.19. The third-order valence-corrected chi connectivity index (χ3v) is 1.74. The molecule has 0 rings (SSSR count). The van der Waals surface area contributed by atoms with Crippen LogP contribution >= 0.6 is 0 Å². The van der Waals surface area contributed by atoms with Crippen molar-refractivity contribution >= 4 is 17.7 Å². The quantitative estimate of drug-likeness (QED) is 0.313. The van der Waals surface area contributed by atoms with E-state index in [4.69, 9.17) is 5.73 Å². The van der Waals surface area contributed by atoms with E-state index in [-0.39, 0.29) is 11.3 Å². The second kappa shape index (κ2) is 5.89. The number of carbonyl (C=O) groups excluding carboxylic acids is 3. The molecule has 0 aliphatic rings. The molecular formula is C10H15NO5. The molecule has 6 heteroatoms. The molecule has 0 amide bonds. The predicted molar refractivity (Wildman–Crippen MR) is 55.1 cm³/mol. The maximum Gasteiger partial charge on any atom is 0.343 e. The van der Waals surface area contributed by atoms with Crippen molar-refractivity contribution in [2.24, 2.45) is 5.73 Å². The van der Waals surface area contributed by atoms with E-state index in [9.17, 15) is 14.4 Å². The summed E-state index contributed by atoms with van der Waals surface area (Å²) in [6.45, 7) is 3.92. The molecular weight excluding hydrogens is 214 g/mol. The fourth-order valence-electron chi connectivity index (χ4n) is 1.06. The molecule has 0 aliphatic heterocycles. The van der Waals surface area contributed by atoms with Crippen LogP contribution in [-0.2, 0) is 23.9 Å². The molecule has 6 nitrogen and oxygen atoms in total. The Morgan fingerprint density at radius 2 is 1.69 bits per heavy atom. The first-order valence-electron chi connectivity index (χ1n) is 4.57. The lowest BCUT2D eigenvalue weighted by Crippen LogP contribution is -2.30. The first-order valence-corrected chi connectivity index (χ1v) is 4.57. The van der Waals surface area contributed by atoms with E-state index in [0.717, 1.165) is 7.11 Å². The minimum absolute atomic E-state index is 0.0239. The summed E-state index contributed by atoms with van der Waals surface area (Å²) in [5.74, 6) is -2.13. The van der Waals surface area contributed by atoms with E-state index in [1.807, 2.05) is 0 Å². The van der Waals surface area contributed by atoms with Crippen molar-refractivity contribution in [1.82, 2.24) is 0 Å². The third kappa shape index (κ3) is 3.72. The highest BCUT2D eigenvalue weighted by Crippen LogP contribution is 2.09. The second-order valence-corrected chi connectivity index (χ2v) is 3.17. The van der Waals surface area contributed by atoms with Gasteiger partial charge in [0.25, 0.3) is 0 Å². The van der Waals surface area contributed by atoms with Crippen LogP contribution in [0, 0.1) is 0 Å². The van der Waals surface area contributed by atoms with Crippen LogP contribution in [0.4, 0.5) is 0 Å². The summed E-state index contributed by atoms with van der Waals surface area (Å²) in [5.41, 5.74) is 5.13.